The molecule has 0 N–H and O–H groups in total. The number of ketones is 1. The van der Waals surface area contributed by atoms with Crippen LogP contribution < -0.4 is 0 Å². The maximum absolute atomic E-state index is 12.0. The van der Waals surface area contributed by atoms with Crippen molar-refractivity contribution in [1.82, 2.24) is 4.90 Å². The first-order valence-corrected chi connectivity index (χ1v) is 7.39. The highest BCUT2D eigenvalue weighted by molar-refractivity contribution is 7.14. The molecule has 0 amide bonds. The Labute approximate surface area is 108 Å². The third-order valence-electron chi connectivity index (χ3n) is 3.37. The maximum Gasteiger partial charge on any atom is 0.174 e. The molecule has 2 rings (SSSR count). The standard InChI is InChI=1S/C14H21NOS/c1-12-6-7-14(17-12)13(16)8-11-15-9-4-2-3-5-10-15/h6-7H,2-5,8-11H2,1H3. The number of carbonyl (C=O) groups excluding carboxylic acids is 1. The van der Waals surface area contributed by atoms with Gasteiger partial charge in [0.15, 0.2) is 5.78 Å². The number of Topliss-reactive ketones (excluding diaryl/α,β-unsaturated/α-hetero) is 1. The van der Waals surface area contributed by atoms with Gasteiger partial charge in [-0.3, -0.25) is 4.79 Å². The Kier molecular flexibility index (Phi) is 4.75. The van der Waals surface area contributed by atoms with Gasteiger partial charge in [0.25, 0.3) is 0 Å². The molecule has 3 heteroatoms. The maximum atomic E-state index is 12.0. The third-order valence-corrected chi connectivity index (χ3v) is 4.41. The zero-order valence-corrected chi connectivity index (χ0v) is 11.4. The van der Waals surface area contributed by atoms with Crippen LogP contribution in [0.3, 0.4) is 0 Å². The molecule has 2 heterocycles. The molecule has 0 spiro atoms. The fraction of sp³-hybridized carbons (Fsp3) is 0.643. The highest BCUT2D eigenvalue weighted by Crippen LogP contribution is 2.17. The number of likely N-dealkylation sites (tertiary alicyclic amines) is 1. The van der Waals surface area contributed by atoms with E-state index in [9.17, 15) is 4.79 Å². The monoisotopic (exact) mass is 251 g/mol. The number of thiophene rings is 1. The van der Waals surface area contributed by atoms with E-state index in [1.807, 2.05) is 12.1 Å². The molecular formula is C14H21NOS. The molecule has 0 atom stereocenters. The molecule has 94 valence electrons. The van der Waals surface area contributed by atoms with Crippen LogP contribution in [-0.4, -0.2) is 30.3 Å². The fourth-order valence-corrected chi connectivity index (χ4v) is 3.16. The van der Waals surface area contributed by atoms with Crippen molar-refractivity contribution in [3.8, 4) is 0 Å². The Morgan fingerprint density at radius 1 is 1.24 bits per heavy atom. The van der Waals surface area contributed by atoms with Gasteiger partial charge in [-0.25, -0.2) is 0 Å². The largest absolute Gasteiger partial charge is 0.303 e. The molecule has 0 saturated carbocycles. The molecule has 1 saturated heterocycles. The molecule has 1 fully saturated rings. The van der Waals surface area contributed by atoms with Gasteiger partial charge in [0.1, 0.15) is 0 Å². The predicted octanol–water partition coefficient (Wildman–Crippen LogP) is 3.51. The Morgan fingerprint density at radius 2 is 1.94 bits per heavy atom. The average molecular weight is 251 g/mol. The molecular weight excluding hydrogens is 230 g/mol. The summed E-state index contributed by atoms with van der Waals surface area (Å²) < 4.78 is 0. The highest BCUT2D eigenvalue weighted by atomic mass is 32.1. The second-order valence-corrected chi connectivity index (χ2v) is 6.13. The summed E-state index contributed by atoms with van der Waals surface area (Å²) in [6.45, 7) is 5.35. The Bertz CT molecular complexity index is 364. The Morgan fingerprint density at radius 3 is 2.53 bits per heavy atom. The topological polar surface area (TPSA) is 20.3 Å². The van der Waals surface area contributed by atoms with Crippen molar-refractivity contribution in [2.75, 3.05) is 19.6 Å². The van der Waals surface area contributed by atoms with Crippen LogP contribution >= 0.6 is 11.3 Å². The van der Waals surface area contributed by atoms with E-state index in [0.29, 0.717) is 12.2 Å². The van der Waals surface area contributed by atoms with Crippen LogP contribution in [0.4, 0.5) is 0 Å². The molecule has 0 unspecified atom stereocenters. The zero-order chi connectivity index (χ0) is 12.1. The second kappa shape index (κ2) is 6.31. The van der Waals surface area contributed by atoms with E-state index < -0.39 is 0 Å². The number of aryl methyl sites for hydroxylation is 1. The van der Waals surface area contributed by atoms with E-state index in [1.165, 1.54) is 43.6 Å². The molecule has 17 heavy (non-hydrogen) atoms. The second-order valence-electron chi connectivity index (χ2n) is 4.84. The number of hydrogen-bond acceptors (Lipinski definition) is 3. The van der Waals surface area contributed by atoms with Crippen molar-refractivity contribution >= 4 is 17.1 Å². The Balaban J connectivity index is 1.79. The van der Waals surface area contributed by atoms with Gasteiger partial charge in [0, 0.05) is 17.8 Å². The lowest BCUT2D eigenvalue weighted by Gasteiger charge is -2.18. The van der Waals surface area contributed by atoms with Crippen LogP contribution in [0.2, 0.25) is 0 Å². The molecule has 1 aliphatic heterocycles. The van der Waals surface area contributed by atoms with Crippen LogP contribution in [-0.2, 0) is 0 Å². The minimum absolute atomic E-state index is 0.312. The molecule has 1 aliphatic rings. The summed E-state index contributed by atoms with van der Waals surface area (Å²) in [6, 6.07) is 3.99. The quantitative estimate of drug-likeness (QED) is 0.763. The summed E-state index contributed by atoms with van der Waals surface area (Å²) >= 11 is 1.62. The molecule has 1 aromatic heterocycles. The smallest absolute Gasteiger partial charge is 0.174 e. The van der Waals surface area contributed by atoms with E-state index in [-0.39, 0.29) is 0 Å². The van der Waals surface area contributed by atoms with Crippen LogP contribution in [0, 0.1) is 6.92 Å². The van der Waals surface area contributed by atoms with Crippen LogP contribution in [0.15, 0.2) is 12.1 Å². The van der Waals surface area contributed by atoms with Crippen molar-refractivity contribution in [2.24, 2.45) is 0 Å². The Hall–Kier alpha value is -0.670. The summed E-state index contributed by atoms with van der Waals surface area (Å²) in [5, 5.41) is 0. The predicted molar refractivity (Wildman–Crippen MR) is 72.9 cm³/mol. The zero-order valence-electron chi connectivity index (χ0n) is 10.6. The van der Waals surface area contributed by atoms with Gasteiger partial charge < -0.3 is 4.90 Å². The molecule has 0 aromatic carbocycles. The molecule has 0 aliphatic carbocycles. The summed E-state index contributed by atoms with van der Waals surface area (Å²) in [7, 11) is 0. The lowest BCUT2D eigenvalue weighted by molar-refractivity contribution is 0.0969. The number of carbonyl (C=O) groups is 1. The lowest BCUT2D eigenvalue weighted by Crippen LogP contribution is -2.27. The van der Waals surface area contributed by atoms with E-state index in [0.717, 1.165) is 11.4 Å². The summed E-state index contributed by atoms with van der Waals surface area (Å²) in [5.74, 6) is 0.312. The van der Waals surface area contributed by atoms with E-state index in [2.05, 4.69) is 11.8 Å². The highest BCUT2D eigenvalue weighted by Gasteiger charge is 2.12. The SMILES string of the molecule is Cc1ccc(C(=O)CCN2CCCCCC2)s1. The van der Waals surface area contributed by atoms with Crippen LogP contribution in [0.5, 0.6) is 0 Å². The first kappa shape index (κ1) is 12.8. The number of rotatable bonds is 4. The fourth-order valence-electron chi connectivity index (χ4n) is 2.33. The first-order chi connectivity index (χ1) is 8.25. The van der Waals surface area contributed by atoms with E-state index in [1.54, 1.807) is 11.3 Å². The van der Waals surface area contributed by atoms with Crippen molar-refractivity contribution in [1.29, 1.82) is 0 Å². The van der Waals surface area contributed by atoms with Gasteiger partial charge in [0.2, 0.25) is 0 Å². The van der Waals surface area contributed by atoms with Gasteiger partial charge >= 0.3 is 0 Å². The summed E-state index contributed by atoms with van der Waals surface area (Å²) in [5.41, 5.74) is 0. The van der Waals surface area contributed by atoms with Crippen molar-refractivity contribution in [2.45, 2.75) is 39.0 Å². The minimum atomic E-state index is 0.312. The van der Waals surface area contributed by atoms with Crippen molar-refractivity contribution in [3.63, 3.8) is 0 Å². The number of hydrogen-bond donors (Lipinski definition) is 0. The average Bonchev–Trinajstić information content (AvgIpc) is 2.61. The normalized spacial score (nSPS) is 17.9. The van der Waals surface area contributed by atoms with Gasteiger partial charge in [-0.2, -0.15) is 0 Å². The van der Waals surface area contributed by atoms with Crippen LogP contribution in [0.1, 0.15) is 46.7 Å². The van der Waals surface area contributed by atoms with Crippen molar-refractivity contribution in [3.05, 3.63) is 21.9 Å². The van der Waals surface area contributed by atoms with Crippen LogP contribution in [0.25, 0.3) is 0 Å². The number of nitrogens with zero attached hydrogens (tertiary/aromatic N) is 1. The first-order valence-electron chi connectivity index (χ1n) is 6.58. The van der Waals surface area contributed by atoms with Gasteiger partial charge in [-0.1, -0.05) is 12.8 Å². The summed E-state index contributed by atoms with van der Waals surface area (Å²) in [4.78, 5) is 16.6. The molecule has 0 radical (unpaired) electrons. The lowest BCUT2D eigenvalue weighted by atomic mass is 10.2. The van der Waals surface area contributed by atoms with Gasteiger partial charge in [-0.15, -0.1) is 11.3 Å². The van der Waals surface area contributed by atoms with Gasteiger partial charge in [0.05, 0.1) is 4.88 Å². The summed E-state index contributed by atoms with van der Waals surface area (Å²) in [6.07, 6.45) is 5.99. The molecule has 1 aromatic rings. The minimum Gasteiger partial charge on any atom is -0.303 e. The van der Waals surface area contributed by atoms with E-state index >= 15 is 0 Å². The van der Waals surface area contributed by atoms with Gasteiger partial charge in [-0.05, 0) is 45.0 Å². The van der Waals surface area contributed by atoms with Crippen molar-refractivity contribution < 1.29 is 4.79 Å². The van der Waals surface area contributed by atoms with E-state index in [4.69, 9.17) is 0 Å². The molecule has 0 bridgehead atoms. The molecule has 2 nitrogen and oxygen atoms in total. The third kappa shape index (κ3) is 3.93.